The molecule has 0 unspecified atom stereocenters. The van der Waals surface area contributed by atoms with Gasteiger partial charge in [-0.25, -0.2) is 4.98 Å². The van der Waals surface area contributed by atoms with Gasteiger partial charge in [-0.2, -0.15) is 0 Å². The van der Waals surface area contributed by atoms with E-state index in [2.05, 4.69) is 30.8 Å². The Morgan fingerprint density at radius 3 is 2.75 bits per heavy atom. The van der Waals surface area contributed by atoms with Gasteiger partial charge in [0.25, 0.3) is 5.91 Å². The smallest absolute Gasteiger partial charge is 0.270 e. The second kappa shape index (κ2) is 6.98. The first-order valence-electron chi connectivity index (χ1n) is 9.45. The van der Waals surface area contributed by atoms with Crippen LogP contribution in [0.15, 0.2) is 53.0 Å². The number of carbonyl (C=O) groups excluding carboxylic acids is 1. The van der Waals surface area contributed by atoms with Crippen LogP contribution in [0.2, 0.25) is 0 Å². The summed E-state index contributed by atoms with van der Waals surface area (Å²) in [6.45, 7) is 3.06. The molecule has 1 fully saturated rings. The molecule has 0 aliphatic carbocycles. The van der Waals surface area contributed by atoms with Crippen molar-refractivity contribution in [3.8, 4) is 0 Å². The second-order valence-corrected chi connectivity index (χ2v) is 8.04. The number of hydrogen-bond acceptors (Lipinski definition) is 3. The molecule has 1 aliphatic rings. The van der Waals surface area contributed by atoms with Crippen molar-refractivity contribution in [1.82, 2.24) is 19.9 Å². The molecule has 0 radical (unpaired) electrons. The van der Waals surface area contributed by atoms with E-state index in [-0.39, 0.29) is 5.91 Å². The van der Waals surface area contributed by atoms with Crippen LogP contribution in [0, 0.1) is 0 Å². The highest BCUT2D eigenvalue weighted by atomic mass is 79.9. The number of aromatic nitrogens is 3. The molecular formula is C21H20BrN5O. The molecule has 2 N–H and O–H groups in total. The van der Waals surface area contributed by atoms with E-state index in [1.165, 1.54) is 0 Å². The predicted octanol–water partition coefficient (Wildman–Crippen LogP) is 4.16. The molecular weight excluding hydrogens is 418 g/mol. The quantitative estimate of drug-likeness (QED) is 0.494. The fourth-order valence-corrected chi connectivity index (χ4v) is 4.19. The van der Waals surface area contributed by atoms with Gasteiger partial charge in [0.2, 0.25) is 5.95 Å². The summed E-state index contributed by atoms with van der Waals surface area (Å²) in [6.07, 6.45) is 0.911. The van der Waals surface area contributed by atoms with Gasteiger partial charge in [0.05, 0.1) is 11.0 Å². The first-order chi connectivity index (χ1) is 13.7. The fraction of sp³-hybridized carbons (Fsp3) is 0.238. The van der Waals surface area contributed by atoms with E-state index in [0.717, 1.165) is 58.4 Å². The molecule has 7 heteroatoms. The Kier molecular flexibility index (Phi) is 4.31. The molecule has 0 spiro atoms. The van der Waals surface area contributed by atoms with Crippen molar-refractivity contribution < 1.29 is 4.79 Å². The van der Waals surface area contributed by atoms with Crippen LogP contribution < -0.4 is 4.90 Å². The van der Waals surface area contributed by atoms with Crippen LogP contribution >= 0.6 is 15.9 Å². The number of amides is 1. The molecule has 0 bridgehead atoms. The zero-order valence-electron chi connectivity index (χ0n) is 15.3. The van der Waals surface area contributed by atoms with E-state index >= 15 is 0 Å². The Bertz CT molecular complexity index is 1130. The minimum atomic E-state index is 0.0544. The molecule has 4 aromatic rings. The van der Waals surface area contributed by atoms with E-state index in [9.17, 15) is 4.79 Å². The van der Waals surface area contributed by atoms with Crippen LogP contribution in [0.5, 0.6) is 0 Å². The maximum absolute atomic E-state index is 13.0. The minimum Gasteiger partial charge on any atom is -0.351 e. The van der Waals surface area contributed by atoms with Gasteiger partial charge in [-0.05, 0) is 42.8 Å². The first kappa shape index (κ1) is 17.3. The zero-order valence-corrected chi connectivity index (χ0v) is 16.9. The Labute approximate surface area is 170 Å². The summed E-state index contributed by atoms with van der Waals surface area (Å²) < 4.78 is 1.01. The Morgan fingerprint density at radius 2 is 1.86 bits per heavy atom. The number of fused-ring (bicyclic) bond motifs is 2. The SMILES string of the molecule is O=C(c1cc2cc(Br)ccc2[nH]1)N1CCCN(c2nc3ccccc3[nH]2)CC1. The van der Waals surface area contributed by atoms with E-state index in [1.807, 2.05) is 53.4 Å². The van der Waals surface area contributed by atoms with E-state index in [4.69, 9.17) is 4.98 Å². The Morgan fingerprint density at radius 1 is 0.964 bits per heavy atom. The van der Waals surface area contributed by atoms with Gasteiger partial charge in [0, 0.05) is 41.6 Å². The highest BCUT2D eigenvalue weighted by Gasteiger charge is 2.23. The lowest BCUT2D eigenvalue weighted by Gasteiger charge is -2.21. The monoisotopic (exact) mass is 437 g/mol. The number of rotatable bonds is 2. The molecule has 1 amide bonds. The maximum atomic E-state index is 13.0. The topological polar surface area (TPSA) is 68.0 Å². The normalized spacial score (nSPS) is 15.3. The molecule has 5 rings (SSSR count). The zero-order chi connectivity index (χ0) is 19.1. The summed E-state index contributed by atoms with van der Waals surface area (Å²) in [6, 6.07) is 16.0. The largest absolute Gasteiger partial charge is 0.351 e. The maximum Gasteiger partial charge on any atom is 0.270 e. The number of para-hydroxylation sites is 2. The number of H-pyrrole nitrogens is 2. The molecule has 28 heavy (non-hydrogen) atoms. The third kappa shape index (κ3) is 3.16. The van der Waals surface area contributed by atoms with E-state index in [0.29, 0.717) is 12.2 Å². The lowest BCUT2D eigenvalue weighted by Crippen LogP contribution is -2.35. The van der Waals surface area contributed by atoms with Crippen molar-refractivity contribution in [3.05, 3.63) is 58.7 Å². The third-order valence-corrected chi connectivity index (χ3v) is 5.77. The van der Waals surface area contributed by atoms with Crippen molar-refractivity contribution in [2.75, 3.05) is 31.1 Å². The van der Waals surface area contributed by atoms with Crippen molar-refractivity contribution in [1.29, 1.82) is 0 Å². The first-order valence-corrected chi connectivity index (χ1v) is 10.2. The Hall–Kier alpha value is -2.80. The molecule has 1 aliphatic heterocycles. The molecule has 2 aromatic heterocycles. The van der Waals surface area contributed by atoms with Gasteiger partial charge in [0.15, 0.2) is 0 Å². The molecule has 6 nitrogen and oxygen atoms in total. The molecule has 3 heterocycles. The van der Waals surface area contributed by atoms with Crippen molar-refractivity contribution in [3.63, 3.8) is 0 Å². The summed E-state index contributed by atoms with van der Waals surface area (Å²) in [5.74, 6) is 0.935. The lowest BCUT2D eigenvalue weighted by molar-refractivity contribution is 0.0762. The number of nitrogens with one attached hydrogen (secondary N) is 2. The highest BCUT2D eigenvalue weighted by molar-refractivity contribution is 9.10. The number of benzene rings is 2. The molecule has 2 aromatic carbocycles. The highest BCUT2D eigenvalue weighted by Crippen LogP contribution is 2.22. The summed E-state index contributed by atoms with van der Waals surface area (Å²) in [4.78, 5) is 28.5. The number of imidazole rings is 1. The van der Waals surface area contributed by atoms with Gasteiger partial charge in [-0.1, -0.05) is 28.1 Å². The average Bonchev–Trinajstić information content (AvgIpc) is 3.23. The van der Waals surface area contributed by atoms with Crippen LogP contribution in [0.25, 0.3) is 21.9 Å². The molecule has 0 atom stereocenters. The third-order valence-electron chi connectivity index (χ3n) is 5.27. The summed E-state index contributed by atoms with van der Waals surface area (Å²) >= 11 is 3.48. The number of carbonyl (C=O) groups is 1. The number of hydrogen-bond donors (Lipinski definition) is 2. The average molecular weight is 438 g/mol. The lowest BCUT2D eigenvalue weighted by atomic mass is 10.2. The van der Waals surface area contributed by atoms with Gasteiger partial charge in [0.1, 0.15) is 5.69 Å². The van der Waals surface area contributed by atoms with Gasteiger partial charge >= 0.3 is 0 Å². The summed E-state index contributed by atoms with van der Waals surface area (Å²) in [5.41, 5.74) is 3.63. The summed E-state index contributed by atoms with van der Waals surface area (Å²) in [5, 5.41) is 1.04. The van der Waals surface area contributed by atoms with Crippen LogP contribution in [-0.2, 0) is 0 Å². The molecule has 0 saturated carbocycles. The molecule has 142 valence electrons. The molecule has 1 saturated heterocycles. The van der Waals surface area contributed by atoms with Crippen molar-refractivity contribution in [2.24, 2.45) is 0 Å². The van der Waals surface area contributed by atoms with E-state index < -0.39 is 0 Å². The number of nitrogens with zero attached hydrogens (tertiary/aromatic N) is 3. The number of aromatic amines is 2. The van der Waals surface area contributed by atoms with Crippen molar-refractivity contribution in [2.45, 2.75) is 6.42 Å². The second-order valence-electron chi connectivity index (χ2n) is 7.12. The minimum absolute atomic E-state index is 0.0544. The van der Waals surface area contributed by atoms with Crippen LogP contribution in [-0.4, -0.2) is 51.9 Å². The van der Waals surface area contributed by atoms with Crippen LogP contribution in [0.3, 0.4) is 0 Å². The van der Waals surface area contributed by atoms with Gasteiger partial charge in [-0.15, -0.1) is 0 Å². The fourth-order valence-electron chi connectivity index (χ4n) is 3.81. The van der Waals surface area contributed by atoms with Crippen LogP contribution in [0.4, 0.5) is 5.95 Å². The van der Waals surface area contributed by atoms with E-state index in [1.54, 1.807) is 0 Å². The Balaban J connectivity index is 1.33. The standard InChI is InChI=1S/C21H20BrN5O/c22-15-6-7-16-14(12-15)13-19(23-16)20(28)26-8-3-9-27(11-10-26)21-24-17-4-1-2-5-18(17)25-21/h1-2,4-7,12-13,23H,3,8-11H2,(H,24,25). The summed E-state index contributed by atoms with van der Waals surface area (Å²) in [7, 11) is 0. The van der Waals surface area contributed by atoms with Crippen LogP contribution in [0.1, 0.15) is 16.9 Å². The number of anilines is 1. The number of halogens is 1. The predicted molar refractivity (Wildman–Crippen MR) is 115 cm³/mol. The van der Waals surface area contributed by atoms with Gasteiger partial charge in [-0.3, -0.25) is 4.79 Å². The van der Waals surface area contributed by atoms with Crippen molar-refractivity contribution >= 4 is 49.7 Å². The van der Waals surface area contributed by atoms with Gasteiger partial charge < -0.3 is 19.8 Å².